The number of unbranched alkanes of at least 4 members (excludes halogenated alkanes) is 17. The van der Waals surface area contributed by atoms with Gasteiger partial charge in [0.2, 0.25) is 0 Å². The van der Waals surface area contributed by atoms with Crippen LogP contribution in [0.25, 0.3) is 0 Å². The second kappa shape index (κ2) is 22.5. The number of ether oxygens (including phenoxy) is 2. The molecule has 0 saturated heterocycles. The second-order valence-corrected chi connectivity index (χ2v) is 9.69. The van der Waals surface area contributed by atoms with Crippen molar-refractivity contribution in [1.82, 2.24) is 4.98 Å². The number of esters is 2. The van der Waals surface area contributed by atoms with Crippen LogP contribution in [0.15, 0.2) is 18.2 Å². The largest absolute Gasteiger partial charge is 0.461 e. The van der Waals surface area contributed by atoms with E-state index in [1.165, 1.54) is 96.3 Å². The first-order valence-corrected chi connectivity index (χ1v) is 14.5. The van der Waals surface area contributed by atoms with Crippen LogP contribution < -0.4 is 0 Å². The third-order valence-electron chi connectivity index (χ3n) is 6.38. The third-order valence-corrected chi connectivity index (χ3v) is 6.38. The second-order valence-electron chi connectivity index (χ2n) is 9.69. The van der Waals surface area contributed by atoms with E-state index in [1.54, 1.807) is 18.2 Å². The lowest BCUT2D eigenvalue weighted by atomic mass is 10.1. The SMILES string of the molecule is CCCCCCCCCCCCOC(=O)c1cccc(C(=O)OCCCCCCCCCCC)n1. The number of nitrogens with zero attached hydrogens (tertiary/aromatic N) is 1. The van der Waals surface area contributed by atoms with Gasteiger partial charge in [0.1, 0.15) is 11.4 Å². The molecule has 0 aromatic carbocycles. The van der Waals surface area contributed by atoms with Gasteiger partial charge in [-0.3, -0.25) is 0 Å². The molecule has 1 heterocycles. The number of hydrogen-bond acceptors (Lipinski definition) is 5. The maximum Gasteiger partial charge on any atom is 0.356 e. The Morgan fingerprint density at radius 3 is 1.20 bits per heavy atom. The van der Waals surface area contributed by atoms with Crippen molar-refractivity contribution in [2.75, 3.05) is 13.2 Å². The summed E-state index contributed by atoms with van der Waals surface area (Å²) in [4.78, 5) is 28.7. The molecule has 5 heteroatoms. The van der Waals surface area contributed by atoms with E-state index in [0.29, 0.717) is 13.2 Å². The molecule has 0 saturated carbocycles. The molecule has 0 spiro atoms. The van der Waals surface area contributed by atoms with E-state index in [0.717, 1.165) is 25.7 Å². The van der Waals surface area contributed by atoms with Crippen LogP contribution in [0.3, 0.4) is 0 Å². The highest BCUT2D eigenvalue weighted by Crippen LogP contribution is 2.12. The van der Waals surface area contributed by atoms with E-state index in [4.69, 9.17) is 9.47 Å². The normalized spacial score (nSPS) is 10.9. The molecule has 0 radical (unpaired) electrons. The molecule has 0 unspecified atom stereocenters. The van der Waals surface area contributed by atoms with Crippen LogP contribution in [0.5, 0.6) is 0 Å². The predicted octanol–water partition coefficient (Wildman–Crippen LogP) is 8.85. The highest BCUT2D eigenvalue weighted by Gasteiger charge is 2.14. The molecule has 0 aliphatic carbocycles. The number of aromatic nitrogens is 1. The fourth-order valence-electron chi connectivity index (χ4n) is 4.14. The molecule has 0 N–H and O–H groups in total. The number of carbonyl (C=O) groups is 2. The molecule has 0 amide bonds. The van der Waals surface area contributed by atoms with Crippen LogP contribution in [0.1, 0.15) is 157 Å². The average molecular weight is 490 g/mol. The molecule has 1 rings (SSSR count). The molecule has 1 aromatic rings. The van der Waals surface area contributed by atoms with Gasteiger partial charge >= 0.3 is 11.9 Å². The van der Waals surface area contributed by atoms with Gasteiger partial charge in [-0.05, 0) is 25.0 Å². The minimum absolute atomic E-state index is 0.161. The van der Waals surface area contributed by atoms with Gasteiger partial charge in [0.15, 0.2) is 0 Å². The Kier molecular flexibility index (Phi) is 20.0. The Hall–Kier alpha value is -1.91. The molecule has 35 heavy (non-hydrogen) atoms. The summed E-state index contributed by atoms with van der Waals surface area (Å²) in [6.07, 6.45) is 23.3. The van der Waals surface area contributed by atoms with E-state index >= 15 is 0 Å². The van der Waals surface area contributed by atoms with Gasteiger partial charge in [-0.15, -0.1) is 0 Å². The van der Waals surface area contributed by atoms with Crippen LogP contribution in [-0.4, -0.2) is 30.1 Å². The Balaban J connectivity index is 2.11. The molecule has 0 bridgehead atoms. The van der Waals surface area contributed by atoms with Gasteiger partial charge in [0.05, 0.1) is 13.2 Å². The van der Waals surface area contributed by atoms with Crippen LogP contribution >= 0.6 is 0 Å². The maximum absolute atomic E-state index is 12.3. The van der Waals surface area contributed by atoms with Crippen molar-refractivity contribution in [3.05, 3.63) is 29.6 Å². The lowest BCUT2D eigenvalue weighted by molar-refractivity contribution is 0.0482. The fraction of sp³-hybridized carbons (Fsp3) is 0.767. The van der Waals surface area contributed by atoms with Gasteiger partial charge in [0, 0.05) is 0 Å². The Morgan fingerprint density at radius 2 is 0.857 bits per heavy atom. The molecular weight excluding hydrogens is 438 g/mol. The minimum Gasteiger partial charge on any atom is -0.461 e. The predicted molar refractivity (Wildman–Crippen MR) is 144 cm³/mol. The first-order chi connectivity index (χ1) is 17.2. The smallest absolute Gasteiger partial charge is 0.356 e. The molecule has 0 fully saturated rings. The average Bonchev–Trinajstić information content (AvgIpc) is 2.88. The van der Waals surface area contributed by atoms with E-state index in [1.807, 2.05) is 0 Å². The zero-order chi connectivity index (χ0) is 25.4. The highest BCUT2D eigenvalue weighted by atomic mass is 16.5. The van der Waals surface area contributed by atoms with Crippen molar-refractivity contribution in [2.45, 2.75) is 136 Å². The minimum atomic E-state index is -0.478. The summed E-state index contributed by atoms with van der Waals surface area (Å²) in [5, 5.41) is 0. The summed E-state index contributed by atoms with van der Waals surface area (Å²) in [7, 11) is 0. The third kappa shape index (κ3) is 17.2. The quantitative estimate of drug-likeness (QED) is 0.113. The van der Waals surface area contributed by atoms with E-state index < -0.39 is 11.9 Å². The number of carbonyl (C=O) groups excluding carboxylic acids is 2. The van der Waals surface area contributed by atoms with Crippen LogP contribution in [-0.2, 0) is 9.47 Å². The zero-order valence-electron chi connectivity index (χ0n) is 22.7. The standard InChI is InChI=1S/C30H51NO4/c1-3-5-7-9-11-13-15-17-19-21-26-35-30(33)28-24-22-23-27(31-28)29(32)34-25-20-18-16-14-12-10-8-6-4-2/h22-24H,3-21,25-26H2,1-2H3. The van der Waals surface area contributed by atoms with Crippen molar-refractivity contribution in [2.24, 2.45) is 0 Å². The number of hydrogen-bond donors (Lipinski definition) is 0. The lowest BCUT2D eigenvalue weighted by Crippen LogP contribution is -2.13. The van der Waals surface area contributed by atoms with Crippen molar-refractivity contribution < 1.29 is 19.1 Å². The van der Waals surface area contributed by atoms with Crippen LogP contribution in [0, 0.1) is 0 Å². The molecular formula is C30H51NO4. The molecule has 0 aliphatic heterocycles. The first kappa shape index (κ1) is 31.1. The summed E-state index contributed by atoms with van der Waals surface area (Å²) < 4.78 is 10.7. The van der Waals surface area contributed by atoms with E-state index in [2.05, 4.69) is 18.8 Å². The van der Waals surface area contributed by atoms with Crippen molar-refractivity contribution in [3.63, 3.8) is 0 Å². The summed E-state index contributed by atoms with van der Waals surface area (Å²) in [6.45, 7) is 5.26. The molecule has 200 valence electrons. The number of pyridine rings is 1. The molecule has 0 aliphatic rings. The van der Waals surface area contributed by atoms with Crippen molar-refractivity contribution in [1.29, 1.82) is 0 Å². The van der Waals surface area contributed by atoms with Crippen LogP contribution in [0.2, 0.25) is 0 Å². The highest BCUT2D eigenvalue weighted by molar-refractivity contribution is 5.91. The van der Waals surface area contributed by atoms with Gasteiger partial charge in [0.25, 0.3) is 0 Å². The van der Waals surface area contributed by atoms with Crippen molar-refractivity contribution >= 4 is 11.9 Å². The monoisotopic (exact) mass is 489 g/mol. The van der Waals surface area contributed by atoms with Gasteiger partial charge in [-0.1, -0.05) is 129 Å². The molecule has 0 atom stereocenters. The lowest BCUT2D eigenvalue weighted by Gasteiger charge is -2.07. The fourth-order valence-corrected chi connectivity index (χ4v) is 4.14. The molecule has 1 aromatic heterocycles. The van der Waals surface area contributed by atoms with E-state index in [9.17, 15) is 9.59 Å². The van der Waals surface area contributed by atoms with Gasteiger partial charge in [-0.2, -0.15) is 0 Å². The topological polar surface area (TPSA) is 65.5 Å². The van der Waals surface area contributed by atoms with Gasteiger partial charge in [-0.25, -0.2) is 14.6 Å². The van der Waals surface area contributed by atoms with Crippen LogP contribution in [0.4, 0.5) is 0 Å². The van der Waals surface area contributed by atoms with Crippen molar-refractivity contribution in [3.8, 4) is 0 Å². The first-order valence-electron chi connectivity index (χ1n) is 14.5. The summed E-state index contributed by atoms with van der Waals surface area (Å²) in [5.41, 5.74) is 0.323. The van der Waals surface area contributed by atoms with E-state index in [-0.39, 0.29) is 11.4 Å². The Labute approximate surface area is 214 Å². The zero-order valence-corrected chi connectivity index (χ0v) is 22.7. The summed E-state index contributed by atoms with van der Waals surface area (Å²) in [5.74, 6) is -0.955. The summed E-state index contributed by atoms with van der Waals surface area (Å²) in [6, 6.07) is 4.81. The summed E-state index contributed by atoms with van der Waals surface area (Å²) >= 11 is 0. The molecule has 5 nitrogen and oxygen atoms in total. The van der Waals surface area contributed by atoms with Gasteiger partial charge < -0.3 is 9.47 Å². The maximum atomic E-state index is 12.3. The Morgan fingerprint density at radius 1 is 0.543 bits per heavy atom. The Bertz CT molecular complexity index is 662. The number of rotatable bonds is 23.